The zero-order valence-corrected chi connectivity index (χ0v) is 8.10. The quantitative estimate of drug-likeness (QED) is 0.749. The van der Waals surface area contributed by atoms with Crippen molar-refractivity contribution in [1.29, 1.82) is 0 Å². The van der Waals surface area contributed by atoms with Crippen LogP contribution in [0.25, 0.3) is 0 Å². The number of hydrogen-bond donors (Lipinski definition) is 2. The maximum Gasteiger partial charge on any atom is 0.309 e. The van der Waals surface area contributed by atoms with E-state index < -0.39 is 5.97 Å². The number of aryl methyl sites for hydroxylation is 1. The van der Waals surface area contributed by atoms with Crippen LogP contribution in [-0.4, -0.2) is 27.8 Å². The second-order valence-corrected chi connectivity index (χ2v) is 3.93. The average molecular weight is 201 g/mol. The molecule has 0 amide bonds. The second-order valence-electron chi connectivity index (χ2n) is 2.65. The number of rotatable bonds is 4. The molecule has 0 aliphatic rings. The zero-order chi connectivity index (χ0) is 9.84. The van der Waals surface area contributed by atoms with Crippen molar-refractivity contribution in [3.05, 3.63) is 15.6 Å². The van der Waals surface area contributed by atoms with Gasteiger partial charge in [0.2, 0.25) is 0 Å². The van der Waals surface area contributed by atoms with E-state index in [1.165, 1.54) is 11.3 Å². The maximum absolute atomic E-state index is 10.4. The Kier molecular flexibility index (Phi) is 3.39. The Labute approximate surface area is 79.9 Å². The van der Waals surface area contributed by atoms with Crippen LogP contribution in [0.2, 0.25) is 0 Å². The minimum Gasteiger partial charge on any atom is -0.481 e. The minimum absolute atomic E-state index is 0.0360. The van der Waals surface area contributed by atoms with Gasteiger partial charge in [-0.25, -0.2) is 4.98 Å². The smallest absolute Gasteiger partial charge is 0.309 e. The molecular weight excluding hydrogens is 190 g/mol. The Hall–Kier alpha value is -0.940. The van der Waals surface area contributed by atoms with Crippen LogP contribution < -0.4 is 0 Å². The molecule has 0 unspecified atom stereocenters. The Bertz CT molecular complexity index is 308. The largest absolute Gasteiger partial charge is 0.481 e. The van der Waals surface area contributed by atoms with E-state index in [9.17, 15) is 4.79 Å². The summed E-state index contributed by atoms with van der Waals surface area (Å²) in [6, 6.07) is 0. The van der Waals surface area contributed by atoms with Gasteiger partial charge in [-0.2, -0.15) is 0 Å². The van der Waals surface area contributed by atoms with Crippen molar-refractivity contribution in [3.63, 3.8) is 0 Å². The normalized spacial score (nSPS) is 10.3. The van der Waals surface area contributed by atoms with Gasteiger partial charge in [-0.05, 0) is 6.92 Å². The summed E-state index contributed by atoms with van der Waals surface area (Å²) in [7, 11) is 0. The minimum atomic E-state index is -0.885. The average Bonchev–Trinajstić information content (AvgIpc) is 2.31. The molecule has 0 saturated heterocycles. The number of carboxylic acid groups (broad SMARTS) is 1. The molecular formula is C8H11NO3S. The highest BCUT2D eigenvalue weighted by molar-refractivity contribution is 7.11. The molecule has 1 aromatic rings. The first-order chi connectivity index (χ1) is 6.13. The Morgan fingerprint density at radius 3 is 2.85 bits per heavy atom. The van der Waals surface area contributed by atoms with Crippen LogP contribution in [0, 0.1) is 6.92 Å². The third-order valence-electron chi connectivity index (χ3n) is 1.54. The van der Waals surface area contributed by atoms with Gasteiger partial charge in [0, 0.05) is 17.9 Å². The van der Waals surface area contributed by atoms with Gasteiger partial charge in [0.1, 0.15) is 0 Å². The van der Waals surface area contributed by atoms with Crippen LogP contribution in [0.4, 0.5) is 0 Å². The number of carbonyl (C=O) groups is 1. The van der Waals surface area contributed by atoms with Gasteiger partial charge in [-0.15, -0.1) is 11.3 Å². The van der Waals surface area contributed by atoms with Crippen molar-refractivity contribution >= 4 is 17.3 Å². The van der Waals surface area contributed by atoms with E-state index in [1.807, 2.05) is 6.92 Å². The van der Waals surface area contributed by atoms with Gasteiger partial charge in [0.15, 0.2) is 0 Å². The molecule has 0 radical (unpaired) electrons. The first kappa shape index (κ1) is 10.1. The van der Waals surface area contributed by atoms with Gasteiger partial charge in [0.25, 0.3) is 0 Å². The molecule has 1 aromatic heterocycles. The third kappa shape index (κ3) is 2.78. The molecule has 0 bridgehead atoms. The summed E-state index contributed by atoms with van der Waals surface area (Å²) in [4.78, 5) is 15.4. The van der Waals surface area contributed by atoms with E-state index in [-0.39, 0.29) is 13.0 Å². The number of thiazole rings is 1. The van der Waals surface area contributed by atoms with Crippen molar-refractivity contribution < 1.29 is 15.0 Å². The van der Waals surface area contributed by atoms with Crippen LogP contribution in [-0.2, 0) is 17.6 Å². The van der Waals surface area contributed by atoms with Gasteiger partial charge in [-0.1, -0.05) is 0 Å². The molecule has 0 spiro atoms. The summed E-state index contributed by atoms with van der Waals surface area (Å²) in [5.74, 6) is -0.885. The lowest BCUT2D eigenvalue weighted by Gasteiger charge is -1.95. The molecule has 0 aliphatic carbocycles. The summed E-state index contributed by atoms with van der Waals surface area (Å²) in [5, 5.41) is 18.1. The molecule has 2 N–H and O–H groups in total. The van der Waals surface area contributed by atoms with E-state index in [4.69, 9.17) is 10.2 Å². The van der Waals surface area contributed by atoms with Gasteiger partial charge in [-0.3, -0.25) is 4.79 Å². The van der Waals surface area contributed by atoms with E-state index in [1.54, 1.807) is 0 Å². The maximum atomic E-state index is 10.4. The number of hydrogen-bond acceptors (Lipinski definition) is 4. The summed E-state index contributed by atoms with van der Waals surface area (Å²) >= 11 is 1.45. The highest BCUT2D eigenvalue weighted by atomic mass is 32.1. The number of aromatic nitrogens is 1. The van der Waals surface area contributed by atoms with Crippen molar-refractivity contribution in [3.8, 4) is 0 Å². The molecule has 0 atom stereocenters. The summed E-state index contributed by atoms with van der Waals surface area (Å²) in [6.45, 7) is 1.87. The molecule has 13 heavy (non-hydrogen) atoms. The highest BCUT2D eigenvalue weighted by Crippen LogP contribution is 2.18. The van der Waals surface area contributed by atoms with E-state index in [0.29, 0.717) is 12.1 Å². The van der Waals surface area contributed by atoms with Gasteiger partial charge < -0.3 is 10.2 Å². The SMILES string of the molecule is Cc1nc(CC(=O)O)c(CCO)s1. The van der Waals surface area contributed by atoms with E-state index in [0.717, 1.165) is 9.88 Å². The Balaban J connectivity index is 2.83. The molecule has 0 saturated carbocycles. The molecule has 5 heteroatoms. The lowest BCUT2D eigenvalue weighted by Crippen LogP contribution is -2.03. The topological polar surface area (TPSA) is 70.4 Å². The first-order valence-electron chi connectivity index (χ1n) is 3.91. The van der Waals surface area contributed by atoms with Crippen molar-refractivity contribution in [2.45, 2.75) is 19.8 Å². The highest BCUT2D eigenvalue weighted by Gasteiger charge is 2.11. The molecule has 72 valence electrons. The number of aliphatic hydroxyl groups excluding tert-OH is 1. The summed E-state index contributed by atoms with van der Waals surface area (Å²) in [5.41, 5.74) is 0.587. The van der Waals surface area contributed by atoms with Gasteiger partial charge >= 0.3 is 5.97 Å². The van der Waals surface area contributed by atoms with E-state index in [2.05, 4.69) is 4.98 Å². The lowest BCUT2D eigenvalue weighted by molar-refractivity contribution is -0.136. The van der Waals surface area contributed by atoms with Crippen LogP contribution >= 0.6 is 11.3 Å². The summed E-state index contributed by atoms with van der Waals surface area (Å²) < 4.78 is 0. The lowest BCUT2D eigenvalue weighted by atomic mass is 10.2. The predicted octanol–water partition coefficient (Wildman–Crippen LogP) is 0.613. The Morgan fingerprint density at radius 1 is 1.62 bits per heavy atom. The van der Waals surface area contributed by atoms with Crippen molar-refractivity contribution in [2.75, 3.05) is 6.61 Å². The first-order valence-corrected chi connectivity index (χ1v) is 4.73. The van der Waals surface area contributed by atoms with Crippen LogP contribution in [0.5, 0.6) is 0 Å². The van der Waals surface area contributed by atoms with Crippen molar-refractivity contribution in [1.82, 2.24) is 4.98 Å². The zero-order valence-electron chi connectivity index (χ0n) is 7.28. The molecule has 1 heterocycles. The summed E-state index contributed by atoms with van der Waals surface area (Å²) in [6.07, 6.45) is 0.438. The molecule has 4 nitrogen and oxygen atoms in total. The molecule has 0 fully saturated rings. The molecule has 1 rings (SSSR count). The second kappa shape index (κ2) is 4.34. The number of carboxylic acids is 1. The number of aliphatic carboxylic acids is 1. The fourth-order valence-electron chi connectivity index (χ4n) is 1.09. The van der Waals surface area contributed by atoms with Crippen LogP contribution in [0.1, 0.15) is 15.6 Å². The van der Waals surface area contributed by atoms with Crippen LogP contribution in [0.15, 0.2) is 0 Å². The number of aliphatic hydroxyl groups is 1. The van der Waals surface area contributed by atoms with Crippen LogP contribution in [0.3, 0.4) is 0 Å². The van der Waals surface area contributed by atoms with E-state index >= 15 is 0 Å². The predicted molar refractivity (Wildman–Crippen MR) is 49.0 cm³/mol. The fraction of sp³-hybridized carbons (Fsp3) is 0.500. The molecule has 0 aromatic carbocycles. The molecule has 0 aliphatic heterocycles. The van der Waals surface area contributed by atoms with Gasteiger partial charge in [0.05, 0.1) is 17.1 Å². The fourth-order valence-corrected chi connectivity index (χ4v) is 2.03. The monoisotopic (exact) mass is 201 g/mol. The van der Waals surface area contributed by atoms with Crippen molar-refractivity contribution in [2.24, 2.45) is 0 Å². The number of nitrogens with zero attached hydrogens (tertiary/aromatic N) is 1. The standard InChI is InChI=1S/C8H11NO3S/c1-5-9-6(4-8(11)12)7(13-5)2-3-10/h10H,2-4H2,1H3,(H,11,12). The third-order valence-corrected chi connectivity index (χ3v) is 2.62. The Morgan fingerprint density at radius 2 is 2.31 bits per heavy atom.